The van der Waals surface area contributed by atoms with Crippen LogP contribution in [0, 0.1) is 11.7 Å². The van der Waals surface area contributed by atoms with Crippen molar-refractivity contribution in [3.63, 3.8) is 0 Å². The monoisotopic (exact) mass is 570 g/mol. The van der Waals surface area contributed by atoms with Gasteiger partial charge >= 0.3 is 0 Å². The first-order valence-corrected chi connectivity index (χ1v) is 12.8. The van der Waals surface area contributed by atoms with Crippen LogP contribution in [-0.2, 0) is 6.42 Å². The van der Waals surface area contributed by atoms with Gasteiger partial charge in [-0.2, -0.15) is 0 Å². The highest BCUT2D eigenvalue weighted by Gasteiger charge is 2.47. The number of halogens is 3. The number of H-pyrrole nitrogens is 1. The van der Waals surface area contributed by atoms with Crippen LogP contribution in [0.5, 0.6) is 0 Å². The number of fused-ring (bicyclic) bond motifs is 1. The number of piperidine rings is 1. The van der Waals surface area contributed by atoms with E-state index in [4.69, 9.17) is 11.6 Å². The van der Waals surface area contributed by atoms with Crippen molar-refractivity contribution in [2.45, 2.75) is 31.8 Å². The largest absolute Gasteiger partial charge is 0.388 e. The van der Waals surface area contributed by atoms with Gasteiger partial charge in [-0.3, -0.25) is 4.79 Å². The fourth-order valence-corrected chi connectivity index (χ4v) is 5.83. The molecular weight excluding hydrogens is 543 g/mol. The van der Waals surface area contributed by atoms with Crippen molar-refractivity contribution in [2.75, 3.05) is 13.1 Å². The van der Waals surface area contributed by atoms with Crippen molar-refractivity contribution in [3.05, 3.63) is 115 Å². The van der Waals surface area contributed by atoms with Crippen molar-refractivity contribution < 1.29 is 9.50 Å². The number of aromatic amines is 1. The molecule has 1 saturated heterocycles. The van der Waals surface area contributed by atoms with Crippen LogP contribution in [-0.4, -0.2) is 28.8 Å². The van der Waals surface area contributed by atoms with Gasteiger partial charge in [0.1, 0.15) is 5.82 Å². The van der Waals surface area contributed by atoms with E-state index in [0.29, 0.717) is 36.5 Å². The molecule has 0 spiro atoms. The van der Waals surface area contributed by atoms with Gasteiger partial charge in [0.2, 0.25) is 0 Å². The first-order valence-electron chi connectivity index (χ1n) is 11.6. The van der Waals surface area contributed by atoms with Crippen molar-refractivity contribution >= 4 is 38.4 Å². The lowest BCUT2D eigenvalue weighted by Gasteiger charge is -2.46. The third-order valence-corrected chi connectivity index (χ3v) is 7.77. The summed E-state index contributed by atoms with van der Waals surface area (Å²) < 4.78 is 14.8. The summed E-state index contributed by atoms with van der Waals surface area (Å²) in [6, 6.07) is 21.3. The van der Waals surface area contributed by atoms with E-state index in [2.05, 4.69) is 26.2 Å². The molecule has 0 amide bonds. The highest BCUT2D eigenvalue weighted by atomic mass is 79.9. The Hall–Kier alpha value is -2.51. The first kappa shape index (κ1) is 26.6. The molecule has 0 bridgehead atoms. The van der Waals surface area contributed by atoms with Crippen molar-refractivity contribution in [1.29, 1.82) is 0 Å². The van der Waals surface area contributed by atoms with E-state index < -0.39 is 11.5 Å². The highest BCUT2D eigenvalue weighted by molar-refractivity contribution is 9.10. The molecule has 2 heterocycles. The number of aromatic nitrogens is 1. The molecule has 7 heteroatoms. The van der Waals surface area contributed by atoms with Crippen molar-refractivity contribution in [1.82, 2.24) is 10.3 Å². The molecule has 1 aromatic heterocycles. The second kappa shape index (κ2) is 10.9. The fraction of sp³-hybridized carbons (Fsp3) is 0.276. The van der Waals surface area contributed by atoms with E-state index in [1.807, 2.05) is 42.5 Å². The summed E-state index contributed by atoms with van der Waals surface area (Å²) in [5, 5.41) is 17.2. The molecule has 3 aromatic carbocycles. The number of rotatable bonds is 5. The zero-order valence-corrected chi connectivity index (χ0v) is 21.2. The van der Waals surface area contributed by atoms with Gasteiger partial charge in [0.25, 0.3) is 5.56 Å². The molecule has 4 aromatic rings. The van der Waals surface area contributed by atoms with Gasteiger partial charge in [0, 0.05) is 39.0 Å². The number of pyridine rings is 1. The van der Waals surface area contributed by atoms with Crippen LogP contribution in [0.15, 0.2) is 82.1 Å². The summed E-state index contributed by atoms with van der Waals surface area (Å²) in [4.78, 5) is 16.4. The molecule has 0 aliphatic carbocycles. The van der Waals surface area contributed by atoms with Gasteiger partial charge in [-0.1, -0.05) is 59.2 Å². The Kier molecular flexibility index (Phi) is 8.00. The summed E-state index contributed by atoms with van der Waals surface area (Å²) in [5.41, 5.74) is 1.34. The zero-order valence-electron chi connectivity index (χ0n) is 18.9. The van der Waals surface area contributed by atoms with E-state index in [9.17, 15) is 14.3 Å². The maximum Gasteiger partial charge on any atom is 0.252 e. The zero-order chi connectivity index (χ0) is 24.6. The average molecular weight is 572 g/mol. The molecule has 1 aliphatic rings. The first-order chi connectivity index (χ1) is 16.8. The Morgan fingerprint density at radius 1 is 1.11 bits per heavy atom. The van der Waals surface area contributed by atoms with E-state index in [0.717, 1.165) is 26.5 Å². The number of hydrogen-bond acceptors (Lipinski definition) is 3. The third kappa shape index (κ3) is 5.28. The number of benzene rings is 3. The standard InChI is InChI=1S/C28H25BrClFN2O2.CH4/c29-21-6-9-25-19(14-21)15-24(27(34)33-25)26(18-4-7-22(30)8-5-18)28(35)10-11-32-16-20(28)12-17-2-1-3-23(31)13-17;/h1-9,13-15,20,26,32,35H,10-12,16H2,(H,33,34);1H4. The minimum absolute atomic E-state index is 0. The van der Waals surface area contributed by atoms with Crippen LogP contribution in [0.2, 0.25) is 5.02 Å². The van der Waals surface area contributed by atoms with Gasteiger partial charge in [0.15, 0.2) is 0 Å². The fourth-order valence-electron chi connectivity index (χ4n) is 5.32. The molecular formula is C29H29BrClFN2O2. The van der Waals surface area contributed by atoms with Crippen molar-refractivity contribution in [2.24, 2.45) is 5.92 Å². The normalized spacial score (nSPS) is 20.6. The molecule has 36 heavy (non-hydrogen) atoms. The van der Waals surface area contributed by atoms with Crippen LogP contribution in [0.1, 0.15) is 36.5 Å². The molecule has 3 atom stereocenters. The van der Waals surface area contributed by atoms with Gasteiger partial charge in [-0.15, -0.1) is 0 Å². The molecule has 1 fully saturated rings. The molecule has 4 nitrogen and oxygen atoms in total. The summed E-state index contributed by atoms with van der Waals surface area (Å²) in [5.74, 6) is -1.16. The van der Waals surface area contributed by atoms with Gasteiger partial charge in [0.05, 0.1) is 5.60 Å². The predicted molar refractivity (Wildman–Crippen MR) is 148 cm³/mol. The molecule has 5 rings (SSSR count). The summed E-state index contributed by atoms with van der Waals surface area (Å²) in [7, 11) is 0. The Balaban J connectivity index is 0.00000304. The minimum Gasteiger partial charge on any atom is -0.388 e. The van der Waals surface area contributed by atoms with Crippen molar-refractivity contribution in [3.8, 4) is 0 Å². The number of nitrogens with one attached hydrogen (secondary N) is 2. The molecule has 0 saturated carbocycles. The smallest absolute Gasteiger partial charge is 0.252 e. The number of aliphatic hydroxyl groups is 1. The topological polar surface area (TPSA) is 65.1 Å². The van der Waals surface area contributed by atoms with E-state index in [1.165, 1.54) is 12.1 Å². The molecule has 0 radical (unpaired) electrons. The van der Waals surface area contributed by atoms with Gasteiger partial charge in [-0.25, -0.2) is 4.39 Å². The summed E-state index contributed by atoms with van der Waals surface area (Å²) in [6.07, 6.45) is 0.915. The van der Waals surface area contributed by atoms with Crippen LogP contribution >= 0.6 is 27.5 Å². The van der Waals surface area contributed by atoms with E-state index in [-0.39, 0.29) is 24.7 Å². The average Bonchev–Trinajstić information content (AvgIpc) is 2.83. The second-order valence-electron chi connectivity index (χ2n) is 9.25. The maximum absolute atomic E-state index is 13.9. The number of hydrogen-bond donors (Lipinski definition) is 3. The van der Waals surface area contributed by atoms with Gasteiger partial charge in [-0.05, 0) is 84.4 Å². The van der Waals surface area contributed by atoms with E-state index >= 15 is 0 Å². The second-order valence-corrected chi connectivity index (χ2v) is 10.6. The highest BCUT2D eigenvalue weighted by Crippen LogP contribution is 2.44. The third-order valence-electron chi connectivity index (χ3n) is 7.02. The molecule has 188 valence electrons. The molecule has 3 unspecified atom stereocenters. The minimum atomic E-state index is -1.25. The lowest BCUT2D eigenvalue weighted by Crippen LogP contribution is -2.55. The van der Waals surface area contributed by atoms with E-state index in [1.54, 1.807) is 18.2 Å². The SMILES string of the molecule is C.O=c1[nH]c2ccc(Br)cc2cc1C(c1ccc(Cl)cc1)C1(O)CCNCC1Cc1cccc(F)c1. The molecule has 1 aliphatic heterocycles. The Morgan fingerprint density at radius 2 is 1.89 bits per heavy atom. The molecule has 3 N–H and O–H groups in total. The quantitative estimate of drug-likeness (QED) is 0.259. The maximum atomic E-state index is 13.9. The Morgan fingerprint density at radius 3 is 2.64 bits per heavy atom. The van der Waals surface area contributed by atoms with Crippen LogP contribution in [0.4, 0.5) is 4.39 Å². The Bertz CT molecular complexity index is 1430. The van der Waals surface area contributed by atoms with Crippen LogP contribution in [0.25, 0.3) is 10.9 Å². The van der Waals surface area contributed by atoms with Crippen LogP contribution < -0.4 is 10.9 Å². The lowest BCUT2D eigenvalue weighted by molar-refractivity contribution is -0.0542. The Labute approximate surface area is 223 Å². The lowest BCUT2D eigenvalue weighted by atomic mass is 9.66. The summed E-state index contributed by atoms with van der Waals surface area (Å²) in [6.45, 7) is 1.16. The summed E-state index contributed by atoms with van der Waals surface area (Å²) >= 11 is 9.69. The van der Waals surface area contributed by atoms with Crippen LogP contribution in [0.3, 0.4) is 0 Å². The predicted octanol–water partition coefficient (Wildman–Crippen LogP) is 6.43. The van der Waals surface area contributed by atoms with Gasteiger partial charge < -0.3 is 15.4 Å².